The summed E-state index contributed by atoms with van der Waals surface area (Å²) < 4.78 is 5.81. The Morgan fingerprint density at radius 1 is 1.29 bits per heavy atom. The van der Waals surface area contributed by atoms with E-state index in [4.69, 9.17) is 4.74 Å². The number of benzene rings is 1. The van der Waals surface area contributed by atoms with Crippen molar-refractivity contribution in [1.29, 1.82) is 0 Å². The summed E-state index contributed by atoms with van der Waals surface area (Å²) in [7, 11) is 0. The van der Waals surface area contributed by atoms with E-state index >= 15 is 0 Å². The molecule has 0 aliphatic heterocycles. The lowest BCUT2D eigenvalue weighted by Gasteiger charge is -2.14. The molecule has 1 nitrogen and oxygen atoms in total. The Kier molecular flexibility index (Phi) is 5.82. The molecule has 0 spiro atoms. The normalized spacial score (nSPS) is 11.9. The topological polar surface area (TPSA) is 9.23 Å². The van der Waals surface area contributed by atoms with Crippen LogP contribution in [0.3, 0.4) is 0 Å². The van der Waals surface area contributed by atoms with Gasteiger partial charge in [-0.1, -0.05) is 29.8 Å². The standard InChI is InChI=1S/C16H24O/c1-5-14(4)9-8-11-15-10-6-7-12-16(15)17-13(2)3/h5-7,10,12-13H,8-9,11H2,1-4H3/b14-5+. The molecule has 0 aromatic heterocycles. The van der Waals surface area contributed by atoms with E-state index in [0.717, 1.165) is 12.2 Å². The third kappa shape index (κ3) is 5.08. The van der Waals surface area contributed by atoms with E-state index < -0.39 is 0 Å². The third-order valence-corrected chi connectivity index (χ3v) is 2.85. The van der Waals surface area contributed by atoms with Gasteiger partial charge in [0.2, 0.25) is 0 Å². The fraction of sp³-hybridized carbons (Fsp3) is 0.500. The molecule has 1 heteroatoms. The predicted octanol–water partition coefficient (Wildman–Crippen LogP) is 4.76. The zero-order chi connectivity index (χ0) is 12.7. The molecule has 1 aromatic carbocycles. The summed E-state index contributed by atoms with van der Waals surface area (Å²) in [4.78, 5) is 0. The first-order valence-corrected chi connectivity index (χ1v) is 6.50. The summed E-state index contributed by atoms with van der Waals surface area (Å²) in [5, 5.41) is 0. The van der Waals surface area contributed by atoms with Crippen molar-refractivity contribution in [2.45, 2.75) is 53.1 Å². The van der Waals surface area contributed by atoms with Crippen LogP contribution in [-0.2, 0) is 6.42 Å². The zero-order valence-corrected chi connectivity index (χ0v) is 11.5. The highest BCUT2D eigenvalue weighted by atomic mass is 16.5. The molecule has 0 fully saturated rings. The number of allylic oxidation sites excluding steroid dienone is 2. The lowest BCUT2D eigenvalue weighted by Crippen LogP contribution is -2.07. The molecule has 0 bridgehead atoms. The van der Waals surface area contributed by atoms with Crippen LogP contribution in [0.2, 0.25) is 0 Å². The predicted molar refractivity (Wildman–Crippen MR) is 74.6 cm³/mol. The second-order valence-corrected chi connectivity index (χ2v) is 4.76. The highest BCUT2D eigenvalue weighted by Gasteiger charge is 2.04. The molecule has 0 atom stereocenters. The highest BCUT2D eigenvalue weighted by Crippen LogP contribution is 2.22. The van der Waals surface area contributed by atoms with Crippen LogP contribution in [0.5, 0.6) is 5.75 Å². The van der Waals surface area contributed by atoms with Gasteiger partial charge in [0.1, 0.15) is 5.75 Å². The van der Waals surface area contributed by atoms with Crippen molar-refractivity contribution in [3.63, 3.8) is 0 Å². The van der Waals surface area contributed by atoms with Gasteiger partial charge in [-0.25, -0.2) is 0 Å². The Morgan fingerprint density at radius 2 is 2.00 bits per heavy atom. The quantitative estimate of drug-likeness (QED) is 0.642. The van der Waals surface area contributed by atoms with E-state index in [1.807, 2.05) is 6.07 Å². The second-order valence-electron chi connectivity index (χ2n) is 4.76. The summed E-state index contributed by atoms with van der Waals surface area (Å²) in [6, 6.07) is 8.37. The first kappa shape index (κ1) is 13.8. The van der Waals surface area contributed by atoms with Crippen molar-refractivity contribution in [1.82, 2.24) is 0 Å². The largest absolute Gasteiger partial charge is 0.491 e. The first-order chi connectivity index (χ1) is 8.13. The van der Waals surface area contributed by atoms with Crippen molar-refractivity contribution >= 4 is 0 Å². The summed E-state index contributed by atoms with van der Waals surface area (Å²) in [6.45, 7) is 8.43. The minimum atomic E-state index is 0.244. The molecule has 0 radical (unpaired) electrons. The summed E-state index contributed by atoms with van der Waals surface area (Å²) >= 11 is 0. The van der Waals surface area contributed by atoms with Crippen LogP contribution in [-0.4, -0.2) is 6.10 Å². The molecule has 1 rings (SSSR count). The van der Waals surface area contributed by atoms with Gasteiger partial charge >= 0.3 is 0 Å². The first-order valence-electron chi connectivity index (χ1n) is 6.50. The van der Waals surface area contributed by atoms with Crippen LogP contribution >= 0.6 is 0 Å². The molecule has 0 aliphatic rings. The van der Waals surface area contributed by atoms with Gasteiger partial charge in [0.25, 0.3) is 0 Å². The monoisotopic (exact) mass is 232 g/mol. The molecule has 0 unspecified atom stereocenters. The van der Waals surface area contributed by atoms with Gasteiger partial charge in [0.05, 0.1) is 6.10 Å². The molecule has 1 aromatic rings. The van der Waals surface area contributed by atoms with Gasteiger partial charge in [-0.15, -0.1) is 0 Å². The fourth-order valence-corrected chi connectivity index (χ4v) is 1.78. The van der Waals surface area contributed by atoms with Crippen molar-refractivity contribution in [3.8, 4) is 5.75 Å². The fourth-order valence-electron chi connectivity index (χ4n) is 1.78. The van der Waals surface area contributed by atoms with Crippen molar-refractivity contribution in [2.24, 2.45) is 0 Å². The van der Waals surface area contributed by atoms with E-state index in [1.165, 1.54) is 24.0 Å². The second kappa shape index (κ2) is 7.16. The molecule has 0 N–H and O–H groups in total. The molecule has 0 saturated carbocycles. The summed E-state index contributed by atoms with van der Waals surface area (Å²) in [5.74, 6) is 1.04. The Bertz CT molecular complexity index is 364. The number of rotatable bonds is 6. The average Bonchev–Trinajstić information content (AvgIpc) is 2.30. The van der Waals surface area contributed by atoms with Crippen LogP contribution < -0.4 is 4.74 Å². The van der Waals surface area contributed by atoms with E-state index in [2.05, 4.69) is 52.0 Å². The maximum atomic E-state index is 5.81. The molecule has 0 amide bonds. The van der Waals surface area contributed by atoms with Gasteiger partial charge in [0.15, 0.2) is 0 Å². The minimum Gasteiger partial charge on any atom is -0.491 e. The van der Waals surface area contributed by atoms with Crippen molar-refractivity contribution < 1.29 is 4.74 Å². The van der Waals surface area contributed by atoms with Crippen LogP contribution in [0.1, 0.15) is 46.1 Å². The molecule has 0 aliphatic carbocycles. The average molecular weight is 232 g/mol. The van der Waals surface area contributed by atoms with Gasteiger partial charge < -0.3 is 4.74 Å². The zero-order valence-electron chi connectivity index (χ0n) is 11.5. The minimum absolute atomic E-state index is 0.244. The van der Waals surface area contributed by atoms with E-state index in [-0.39, 0.29) is 6.10 Å². The molecular formula is C16H24O. The number of hydrogen-bond acceptors (Lipinski definition) is 1. The van der Waals surface area contributed by atoms with Crippen LogP contribution in [0, 0.1) is 0 Å². The van der Waals surface area contributed by atoms with Crippen molar-refractivity contribution in [3.05, 3.63) is 41.5 Å². The van der Waals surface area contributed by atoms with Gasteiger partial charge in [0, 0.05) is 0 Å². The maximum absolute atomic E-state index is 5.81. The summed E-state index contributed by atoms with van der Waals surface area (Å²) in [6.07, 6.45) is 5.89. The highest BCUT2D eigenvalue weighted by molar-refractivity contribution is 5.33. The molecule has 0 heterocycles. The van der Waals surface area contributed by atoms with Crippen LogP contribution in [0.15, 0.2) is 35.9 Å². The Hall–Kier alpha value is -1.24. The Balaban J connectivity index is 2.57. The maximum Gasteiger partial charge on any atom is 0.122 e. The Morgan fingerprint density at radius 3 is 2.65 bits per heavy atom. The van der Waals surface area contributed by atoms with Gasteiger partial charge in [-0.2, -0.15) is 0 Å². The third-order valence-electron chi connectivity index (χ3n) is 2.85. The summed E-state index contributed by atoms with van der Waals surface area (Å²) in [5.41, 5.74) is 2.79. The number of hydrogen-bond donors (Lipinski definition) is 0. The molecule has 0 saturated heterocycles. The smallest absolute Gasteiger partial charge is 0.122 e. The number of para-hydroxylation sites is 1. The lowest BCUT2D eigenvalue weighted by atomic mass is 10.0. The van der Waals surface area contributed by atoms with Gasteiger partial charge in [-0.3, -0.25) is 0 Å². The Labute approximate surface area is 106 Å². The van der Waals surface area contributed by atoms with E-state index in [9.17, 15) is 0 Å². The van der Waals surface area contributed by atoms with Gasteiger partial charge in [-0.05, 0) is 58.6 Å². The lowest BCUT2D eigenvalue weighted by molar-refractivity contribution is 0.240. The SMILES string of the molecule is C/C=C(\C)CCCc1ccccc1OC(C)C. The van der Waals surface area contributed by atoms with E-state index in [1.54, 1.807) is 0 Å². The van der Waals surface area contributed by atoms with Crippen LogP contribution in [0.4, 0.5) is 0 Å². The molecule has 94 valence electrons. The van der Waals surface area contributed by atoms with E-state index in [0.29, 0.717) is 0 Å². The molecule has 17 heavy (non-hydrogen) atoms. The van der Waals surface area contributed by atoms with Crippen LogP contribution in [0.25, 0.3) is 0 Å². The van der Waals surface area contributed by atoms with Crippen molar-refractivity contribution in [2.75, 3.05) is 0 Å². The number of aryl methyl sites for hydroxylation is 1. The number of ether oxygens (including phenoxy) is 1. The molecular weight excluding hydrogens is 208 g/mol.